The van der Waals surface area contributed by atoms with Crippen LogP contribution in [0.1, 0.15) is 5.69 Å². The lowest BCUT2D eigenvalue weighted by atomic mass is 10.0. The largest absolute Gasteiger partial charge is 0.323 e. The van der Waals surface area contributed by atoms with E-state index in [4.69, 9.17) is 7.85 Å². The summed E-state index contributed by atoms with van der Waals surface area (Å²) in [6, 6.07) is 0. The highest BCUT2D eigenvalue weighted by molar-refractivity contribution is 6.08. The third-order valence-electron chi connectivity index (χ3n) is 1.07. The smallest absolute Gasteiger partial charge is 0.313 e. The van der Waals surface area contributed by atoms with Gasteiger partial charge in [-0.2, -0.15) is 0 Å². The summed E-state index contributed by atoms with van der Waals surface area (Å²) in [5.74, 6) is 0. The van der Waals surface area contributed by atoms with E-state index in [1.54, 1.807) is 6.20 Å². The van der Waals surface area contributed by atoms with Crippen molar-refractivity contribution in [2.75, 3.05) is 0 Å². The third-order valence-corrected chi connectivity index (χ3v) is 1.07. The Labute approximate surface area is 53.9 Å². The molecule has 1 aromatic rings. The molecule has 0 unspecified atom stereocenters. The van der Waals surface area contributed by atoms with Crippen molar-refractivity contribution in [3.8, 4) is 0 Å². The molecule has 3 nitrogen and oxygen atoms in total. The molecule has 0 fully saturated rings. The first-order valence-corrected chi connectivity index (χ1v) is 2.79. The molecule has 2 N–H and O–H groups in total. The van der Waals surface area contributed by atoms with E-state index >= 15 is 0 Å². The van der Waals surface area contributed by atoms with Gasteiger partial charge in [-0.1, -0.05) is 6.32 Å². The molecular weight excluding hydrogens is 115 g/mol. The monoisotopic (exact) mass is 122 g/mol. The number of aromatic nitrogens is 2. The van der Waals surface area contributed by atoms with E-state index in [-0.39, 0.29) is 5.69 Å². The van der Waals surface area contributed by atoms with Gasteiger partial charge in [0.1, 0.15) is 0 Å². The molecule has 0 aliphatic rings. The normalized spacial score (nSPS) is 9.78. The molecule has 0 aliphatic carbocycles. The molecule has 2 radical (unpaired) electrons. The Morgan fingerprint density at radius 3 is 2.89 bits per heavy atom. The summed E-state index contributed by atoms with van der Waals surface area (Å²) < 4.78 is 0. The standard InChI is InChI=1S/C5H7BN2O/c6-2-1-4-3-7-5(9)8-4/h3H,1-2H2,(H2,7,8,9). The quantitative estimate of drug-likeness (QED) is 0.525. The van der Waals surface area contributed by atoms with E-state index in [1.807, 2.05) is 0 Å². The van der Waals surface area contributed by atoms with E-state index in [0.717, 1.165) is 12.1 Å². The number of rotatable bonds is 2. The molecule has 9 heavy (non-hydrogen) atoms. The summed E-state index contributed by atoms with van der Waals surface area (Å²) in [5.41, 5.74) is 0.695. The Morgan fingerprint density at radius 1 is 1.67 bits per heavy atom. The molecule has 0 bridgehead atoms. The van der Waals surface area contributed by atoms with E-state index < -0.39 is 0 Å². The van der Waals surface area contributed by atoms with Gasteiger partial charge < -0.3 is 9.97 Å². The lowest BCUT2D eigenvalue weighted by Gasteiger charge is -1.86. The Kier molecular flexibility index (Phi) is 1.77. The average Bonchev–Trinajstić information content (AvgIpc) is 2.17. The molecule has 4 heteroatoms. The van der Waals surface area contributed by atoms with Crippen LogP contribution >= 0.6 is 0 Å². The first-order valence-electron chi connectivity index (χ1n) is 2.79. The SMILES string of the molecule is [B]CCc1c[nH]c(=O)[nH]1. The van der Waals surface area contributed by atoms with Gasteiger partial charge in [0.2, 0.25) is 0 Å². The van der Waals surface area contributed by atoms with Gasteiger partial charge in [-0.05, 0) is 6.42 Å². The van der Waals surface area contributed by atoms with Crippen LogP contribution in [0.4, 0.5) is 0 Å². The highest BCUT2D eigenvalue weighted by atomic mass is 16.1. The van der Waals surface area contributed by atoms with Gasteiger partial charge >= 0.3 is 5.69 Å². The van der Waals surface area contributed by atoms with Crippen LogP contribution in [0.5, 0.6) is 0 Å². The van der Waals surface area contributed by atoms with Gasteiger partial charge in [0, 0.05) is 11.9 Å². The molecule has 0 atom stereocenters. The van der Waals surface area contributed by atoms with Crippen molar-refractivity contribution in [3.63, 3.8) is 0 Å². The average molecular weight is 122 g/mol. The predicted octanol–water partition coefficient (Wildman–Crippen LogP) is -0.168. The summed E-state index contributed by atoms with van der Waals surface area (Å²) in [4.78, 5) is 15.5. The molecule has 1 rings (SSSR count). The number of nitrogens with one attached hydrogen (secondary N) is 2. The van der Waals surface area contributed by atoms with E-state index in [2.05, 4.69) is 9.97 Å². The number of hydrogen-bond donors (Lipinski definition) is 2. The van der Waals surface area contributed by atoms with Crippen molar-refractivity contribution in [2.24, 2.45) is 0 Å². The Morgan fingerprint density at radius 2 is 2.44 bits per heavy atom. The molecule has 0 aliphatic heterocycles. The van der Waals surface area contributed by atoms with Crippen molar-refractivity contribution in [1.29, 1.82) is 0 Å². The number of imidazole rings is 1. The van der Waals surface area contributed by atoms with Crippen molar-refractivity contribution in [3.05, 3.63) is 22.4 Å². The van der Waals surface area contributed by atoms with Gasteiger partial charge in [-0.15, -0.1) is 0 Å². The maximum atomic E-state index is 10.4. The molecule has 1 heterocycles. The highest BCUT2D eigenvalue weighted by Crippen LogP contribution is 1.90. The summed E-state index contributed by atoms with van der Waals surface area (Å²) in [6.07, 6.45) is 2.92. The zero-order valence-electron chi connectivity index (χ0n) is 4.98. The number of H-pyrrole nitrogens is 2. The summed E-state index contributed by atoms with van der Waals surface area (Å²) in [6.45, 7) is 0. The number of aromatic amines is 2. The maximum absolute atomic E-state index is 10.4. The van der Waals surface area contributed by atoms with Crippen LogP contribution in [-0.2, 0) is 6.42 Å². The Bertz CT molecular complexity index is 227. The summed E-state index contributed by atoms with van der Waals surface area (Å²) in [7, 11) is 5.23. The predicted molar refractivity (Wildman–Crippen MR) is 35.7 cm³/mol. The van der Waals surface area contributed by atoms with Crippen LogP contribution in [0, 0.1) is 0 Å². The maximum Gasteiger partial charge on any atom is 0.323 e. The first kappa shape index (κ1) is 6.20. The van der Waals surface area contributed by atoms with Gasteiger partial charge in [0.25, 0.3) is 0 Å². The van der Waals surface area contributed by atoms with Crippen LogP contribution in [0.2, 0.25) is 6.32 Å². The second-order valence-electron chi connectivity index (χ2n) is 1.81. The Balaban J connectivity index is 2.73. The fraction of sp³-hybridized carbons (Fsp3) is 0.400. The number of aryl methyl sites for hydroxylation is 1. The molecular formula is C5H7BN2O. The Hall–Kier alpha value is -0.925. The van der Waals surface area contributed by atoms with Crippen LogP contribution in [0.15, 0.2) is 11.0 Å². The first-order chi connectivity index (χ1) is 4.33. The lowest BCUT2D eigenvalue weighted by Crippen LogP contribution is -2.00. The van der Waals surface area contributed by atoms with Gasteiger partial charge in [-0.3, -0.25) is 0 Å². The molecule has 0 aromatic carbocycles. The van der Waals surface area contributed by atoms with Crippen molar-refractivity contribution >= 4 is 7.85 Å². The fourth-order valence-electron chi connectivity index (χ4n) is 0.661. The van der Waals surface area contributed by atoms with E-state index in [1.165, 1.54) is 0 Å². The zero-order chi connectivity index (χ0) is 6.69. The van der Waals surface area contributed by atoms with Crippen molar-refractivity contribution in [2.45, 2.75) is 12.7 Å². The molecule has 0 spiro atoms. The highest BCUT2D eigenvalue weighted by Gasteiger charge is 1.90. The van der Waals surface area contributed by atoms with Gasteiger partial charge in [-0.25, -0.2) is 4.79 Å². The summed E-state index contributed by atoms with van der Waals surface area (Å²) >= 11 is 0. The molecule has 46 valence electrons. The molecule has 0 saturated heterocycles. The topological polar surface area (TPSA) is 48.6 Å². The van der Waals surface area contributed by atoms with Gasteiger partial charge in [0.05, 0.1) is 7.85 Å². The second-order valence-corrected chi connectivity index (χ2v) is 1.81. The molecule has 0 amide bonds. The number of hydrogen-bond acceptors (Lipinski definition) is 1. The van der Waals surface area contributed by atoms with Gasteiger partial charge in [0.15, 0.2) is 0 Å². The van der Waals surface area contributed by atoms with Crippen LogP contribution in [-0.4, -0.2) is 17.8 Å². The van der Waals surface area contributed by atoms with Crippen molar-refractivity contribution < 1.29 is 0 Å². The van der Waals surface area contributed by atoms with Crippen LogP contribution in [0.3, 0.4) is 0 Å². The van der Waals surface area contributed by atoms with Crippen LogP contribution < -0.4 is 5.69 Å². The fourth-order valence-corrected chi connectivity index (χ4v) is 0.661. The molecule has 0 saturated carbocycles. The van der Waals surface area contributed by atoms with E-state index in [9.17, 15) is 4.79 Å². The second kappa shape index (κ2) is 2.57. The summed E-state index contributed by atoms with van der Waals surface area (Å²) in [5, 5.41) is 0. The minimum absolute atomic E-state index is 0.168. The van der Waals surface area contributed by atoms with Crippen molar-refractivity contribution in [1.82, 2.24) is 9.97 Å². The minimum Gasteiger partial charge on any atom is -0.313 e. The lowest BCUT2D eigenvalue weighted by molar-refractivity contribution is 1.04. The minimum atomic E-state index is -0.168. The van der Waals surface area contributed by atoms with E-state index in [0.29, 0.717) is 6.32 Å². The zero-order valence-corrected chi connectivity index (χ0v) is 4.98. The third kappa shape index (κ3) is 1.49. The molecule has 1 aromatic heterocycles. The van der Waals surface area contributed by atoms with Crippen LogP contribution in [0.25, 0.3) is 0 Å².